The molecule has 6 atom stereocenters. The average molecular weight is 679 g/mol. The molecule has 1 spiro atoms. The van der Waals surface area contributed by atoms with E-state index in [-0.39, 0.29) is 35.7 Å². The van der Waals surface area contributed by atoms with Crippen molar-refractivity contribution in [3.8, 4) is 0 Å². The Morgan fingerprint density at radius 1 is 1.07 bits per heavy atom. The molecule has 0 saturated carbocycles. The van der Waals surface area contributed by atoms with Crippen molar-refractivity contribution < 1.29 is 24.2 Å². The fourth-order valence-corrected chi connectivity index (χ4v) is 8.44. The first-order valence-electron chi connectivity index (χ1n) is 15.8. The van der Waals surface area contributed by atoms with Crippen LogP contribution in [0.3, 0.4) is 0 Å². The minimum Gasteiger partial charge on any atom is -0.396 e. The number of halogens is 1. The Balaban J connectivity index is 1.55. The SMILES string of the molecule is C=CCN(Cc1ccccc1)C(=O)[C@H]1[C@H]2C(=O)N(CCCCCO)C(C(=O)N(CC=C)c3cc(C)ccc3C)C23CC(Br)[C@@H]1O3. The summed E-state index contributed by atoms with van der Waals surface area (Å²) in [5, 5.41) is 9.37. The summed E-state index contributed by atoms with van der Waals surface area (Å²) in [5.41, 5.74) is 2.54. The predicted molar refractivity (Wildman–Crippen MR) is 179 cm³/mol. The summed E-state index contributed by atoms with van der Waals surface area (Å²) in [7, 11) is 0. The highest BCUT2D eigenvalue weighted by Gasteiger charge is 2.76. The fourth-order valence-electron chi connectivity index (χ4n) is 7.50. The lowest BCUT2D eigenvalue weighted by Gasteiger charge is -2.38. The first-order chi connectivity index (χ1) is 21.7. The number of aliphatic hydroxyl groups excluding tert-OH is 1. The average Bonchev–Trinajstić information content (AvgIpc) is 3.62. The standard InChI is InChI=1S/C36H44BrN3O5/c1-5-17-38(23-26-13-9-7-10-14-26)33(42)29-30-34(43)40(19-11-8-12-20-41)32(36(30)22-27(37)31(29)45-36)35(44)39(18-6-2)28-21-24(3)15-16-25(28)4/h5-7,9-10,13-16,21,27,29-32,41H,1-2,8,11-12,17-20,22-23H2,3-4H3/t27?,29-,30-,31-,32?,36?/m0/s1. The van der Waals surface area contributed by atoms with Gasteiger partial charge in [0, 0.05) is 43.3 Å². The molecular formula is C36H44BrN3O5. The van der Waals surface area contributed by atoms with E-state index in [1.54, 1.807) is 26.9 Å². The number of likely N-dealkylation sites (tertiary alicyclic amines) is 1. The van der Waals surface area contributed by atoms with Crippen molar-refractivity contribution in [2.75, 3.05) is 31.1 Å². The molecule has 3 saturated heterocycles. The van der Waals surface area contributed by atoms with Gasteiger partial charge < -0.3 is 24.5 Å². The fraction of sp³-hybridized carbons (Fsp3) is 0.472. The number of unbranched alkanes of at least 4 members (excludes halogenated alkanes) is 2. The van der Waals surface area contributed by atoms with Crippen molar-refractivity contribution in [1.82, 2.24) is 9.80 Å². The molecule has 8 nitrogen and oxygen atoms in total. The summed E-state index contributed by atoms with van der Waals surface area (Å²) in [5.74, 6) is -2.15. The van der Waals surface area contributed by atoms with E-state index in [1.165, 1.54) is 0 Å². The van der Waals surface area contributed by atoms with E-state index in [0.717, 1.165) is 22.4 Å². The summed E-state index contributed by atoms with van der Waals surface area (Å²) >= 11 is 3.80. The lowest BCUT2D eigenvalue weighted by molar-refractivity contribution is -0.145. The summed E-state index contributed by atoms with van der Waals surface area (Å²) < 4.78 is 6.79. The summed E-state index contributed by atoms with van der Waals surface area (Å²) in [6.07, 6.45) is 5.24. The Bertz CT molecular complexity index is 1430. The number of fused-ring (bicyclic) bond motifs is 1. The minimum absolute atomic E-state index is 0.0653. The molecule has 0 aromatic heterocycles. The number of carbonyl (C=O) groups excluding carboxylic acids is 3. The molecule has 5 rings (SSSR count). The second kappa shape index (κ2) is 14.0. The van der Waals surface area contributed by atoms with E-state index in [2.05, 4.69) is 29.1 Å². The second-order valence-electron chi connectivity index (χ2n) is 12.5. The van der Waals surface area contributed by atoms with Crippen LogP contribution in [0.25, 0.3) is 0 Å². The third-order valence-electron chi connectivity index (χ3n) is 9.48. The number of anilines is 1. The van der Waals surface area contributed by atoms with Crippen LogP contribution in [0.5, 0.6) is 0 Å². The number of ether oxygens (including phenoxy) is 1. The molecule has 3 unspecified atom stereocenters. The number of hydrogen-bond acceptors (Lipinski definition) is 5. The van der Waals surface area contributed by atoms with E-state index < -0.39 is 29.6 Å². The number of hydrogen-bond donors (Lipinski definition) is 1. The Morgan fingerprint density at radius 3 is 2.49 bits per heavy atom. The van der Waals surface area contributed by atoms with Crippen LogP contribution in [0, 0.1) is 25.7 Å². The van der Waals surface area contributed by atoms with Crippen molar-refractivity contribution in [3.63, 3.8) is 0 Å². The largest absolute Gasteiger partial charge is 0.396 e. The van der Waals surface area contributed by atoms with Gasteiger partial charge in [-0.05, 0) is 62.3 Å². The smallest absolute Gasteiger partial charge is 0.253 e. The van der Waals surface area contributed by atoms with Crippen LogP contribution < -0.4 is 4.90 Å². The van der Waals surface area contributed by atoms with Crippen molar-refractivity contribution in [1.29, 1.82) is 0 Å². The number of nitrogens with zero attached hydrogens (tertiary/aromatic N) is 3. The van der Waals surface area contributed by atoms with Gasteiger partial charge in [0.15, 0.2) is 0 Å². The summed E-state index contributed by atoms with van der Waals surface area (Å²) in [4.78, 5) is 48.8. The van der Waals surface area contributed by atoms with Gasteiger partial charge in [-0.3, -0.25) is 14.4 Å². The van der Waals surface area contributed by atoms with Crippen LogP contribution >= 0.6 is 15.9 Å². The summed E-state index contributed by atoms with van der Waals surface area (Å²) in [6, 6.07) is 14.8. The van der Waals surface area contributed by atoms with Crippen molar-refractivity contribution in [3.05, 3.63) is 90.5 Å². The molecule has 2 bridgehead atoms. The molecule has 0 aliphatic carbocycles. The number of aliphatic hydroxyl groups is 1. The first kappa shape index (κ1) is 33.1. The van der Waals surface area contributed by atoms with Gasteiger partial charge in [0.2, 0.25) is 11.8 Å². The Labute approximate surface area is 274 Å². The highest BCUT2D eigenvalue weighted by Crippen LogP contribution is 2.60. The first-order valence-corrected chi connectivity index (χ1v) is 16.8. The van der Waals surface area contributed by atoms with Gasteiger partial charge in [0.1, 0.15) is 11.6 Å². The molecule has 9 heteroatoms. The topological polar surface area (TPSA) is 90.4 Å². The van der Waals surface area contributed by atoms with Gasteiger partial charge in [-0.15, -0.1) is 13.2 Å². The molecule has 3 heterocycles. The zero-order valence-corrected chi connectivity index (χ0v) is 27.8. The maximum atomic E-state index is 14.9. The Hall–Kier alpha value is -3.27. The van der Waals surface area contributed by atoms with Crippen LogP contribution in [0.2, 0.25) is 0 Å². The minimum atomic E-state index is -1.16. The molecule has 0 radical (unpaired) electrons. The second-order valence-corrected chi connectivity index (χ2v) is 13.7. The van der Waals surface area contributed by atoms with Gasteiger partial charge in [-0.2, -0.15) is 0 Å². The van der Waals surface area contributed by atoms with Crippen LogP contribution in [0.4, 0.5) is 5.69 Å². The third-order valence-corrected chi connectivity index (χ3v) is 10.3. The zero-order valence-electron chi connectivity index (χ0n) is 26.2. The number of benzene rings is 2. The van der Waals surface area contributed by atoms with Gasteiger partial charge in [-0.1, -0.05) is 70.5 Å². The molecule has 3 aliphatic rings. The van der Waals surface area contributed by atoms with E-state index in [1.807, 2.05) is 62.4 Å². The number of aryl methyl sites for hydroxylation is 2. The third kappa shape index (κ3) is 6.14. The zero-order chi connectivity index (χ0) is 32.3. The normalized spacial score (nSPS) is 26.5. The monoisotopic (exact) mass is 677 g/mol. The Kier molecular flexibility index (Phi) is 10.3. The maximum absolute atomic E-state index is 14.9. The van der Waals surface area contributed by atoms with Gasteiger partial charge in [0.05, 0.1) is 17.9 Å². The highest BCUT2D eigenvalue weighted by molar-refractivity contribution is 9.09. The number of alkyl halides is 1. The molecule has 3 aliphatic heterocycles. The van der Waals surface area contributed by atoms with E-state index in [4.69, 9.17) is 4.74 Å². The molecule has 2 aromatic rings. The summed E-state index contributed by atoms with van der Waals surface area (Å²) in [6.45, 7) is 13.1. The molecular weight excluding hydrogens is 634 g/mol. The van der Waals surface area contributed by atoms with E-state index in [9.17, 15) is 19.5 Å². The van der Waals surface area contributed by atoms with Crippen LogP contribution in [0.1, 0.15) is 42.4 Å². The van der Waals surface area contributed by atoms with E-state index >= 15 is 0 Å². The van der Waals surface area contributed by atoms with Gasteiger partial charge >= 0.3 is 0 Å². The van der Waals surface area contributed by atoms with Crippen LogP contribution in [-0.2, 0) is 25.7 Å². The molecule has 2 aromatic carbocycles. The molecule has 3 fully saturated rings. The number of rotatable bonds is 14. The molecule has 45 heavy (non-hydrogen) atoms. The number of amides is 3. The van der Waals surface area contributed by atoms with Crippen LogP contribution in [-0.4, -0.2) is 81.4 Å². The quantitative estimate of drug-likeness (QED) is 0.174. The van der Waals surface area contributed by atoms with Gasteiger partial charge in [-0.25, -0.2) is 0 Å². The van der Waals surface area contributed by atoms with E-state index in [0.29, 0.717) is 45.3 Å². The van der Waals surface area contributed by atoms with Crippen molar-refractivity contribution >= 4 is 39.3 Å². The Morgan fingerprint density at radius 2 is 1.80 bits per heavy atom. The van der Waals surface area contributed by atoms with Gasteiger partial charge in [0.25, 0.3) is 5.91 Å². The predicted octanol–water partition coefficient (Wildman–Crippen LogP) is 4.95. The van der Waals surface area contributed by atoms with Crippen LogP contribution in [0.15, 0.2) is 73.8 Å². The lowest BCUT2D eigenvalue weighted by atomic mass is 9.70. The van der Waals surface area contributed by atoms with Crippen molar-refractivity contribution in [2.24, 2.45) is 11.8 Å². The highest BCUT2D eigenvalue weighted by atomic mass is 79.9. The molecule has 1 N–H and O–H groups in total. The molecule has 240 valence electrons. The lowest BCUT2D eigenvalue weighted by Crippen LogP contribution is -2.57. The maximum Gasteiger partial charge on any atom is 0.253 e. The molecule has 3 amide bonds. The van der Waals surface area contributed by atoms with Crippen molar-refractivity contribution in [2.45, 2.75) is 68.6 Å². The number of carbonyl (C=O) groups is 3.